The van der Waals surface area contributed by atoms with Crippen LogP contribution in [0.4, 0.5) is 0 Å². The molecule has 4 aromatic rings. The third kappa shape index (κ3) is 3.26. The van der Waals surface area contributed by atoms with Gasteiger partial charge in [-0.3, -0.25) is 0 Å². The molecule has 0 radical (unpaired) electrons. The standard InChI is InChI=1S/C30H31NSi/c1-32(27-19-10-4-11-20-27,28-21-12-5-13-22-28)30(29-23-14-24-31-29,25-15-6-2-7-16-25)26-17-8-3-9-18-26/h2-13,15-22,29,31H,14,23-24H2,1H3/t29-/m1/s1. The lowest BCUT2D eigenvalue weighted by Crippen LogP contribution is -2.75. The average Bonchev–Trinajstić information content (AvgIpc) is 3.42. The monoisotopic (exact) mass is 433 g/mol. The second kappa shape index (κ2) is 8.89. The first-order valence-electron chi connectivity index (χ1n) is 11.7. The van der Waals surface area contributed by atoms with Gasteiger partial charge in [0.1, 0.15) is 8.07 Å². The molecule has 1 N–H and O–H groups in total. The van der Waals surface area contributed by atoms with Crippen LogP contribution >= 0.6 is 0 Å². The van der Waals surface area contributed by atoms with Crippen molar-refractivity contribution in [3.63, 3.8) is 0 Å². The van der Waals surface area contributed by atoms with Crippen molar-refractivity contribution in [2.75, 3.05) is 6.54 Å². The molecule has 1 atom stereocenters. The summed E-state index contributed by atoms with van der Waals surface area (Å²) in [4.78, 5) is 0. The number of benzene rings is 4. The van der Waals surface area contributed by atoms with E-state index in [4.69, 9.17) is 0 Å². The van der Waals surface area contributed by atoms with Gasteiger partial charge in [-0.15, -0.1) is 0 Å². The Morgan fingerprint density at radius 3 is 1.41 bits per heavy atom. The molecule has 1 aliphatic heterocycles. The molecule has 1 heterocycles. The average molecular weight is 434 g/mol. The van der Waals surface area contributed by atoms with Gasteiger partial charge in [0.25, 0.3) is 0 Å². The van der Waals surface area contributed by atoms with Gasteiger partial charge in [-0.05, 0) is 30.5 Å². The van der Waals surface area contributed by atoms with Crippen molar-refractivity contribution in [3.8, 4) is 0 Å². The van der Waals surface area contributed by atoms with Gasteiger partial charge in [0.2, 0.25) is 0 Å². The van der Waals surface area contributed by atoms with Gasteiger partial charge in [-0.1, -0.05) is 138 Å². The number of hydrogen-bond donors (Lipinski definition) is 1. The second-order valence-electron chi connectivity index (χ2n) is 9.05. The molecule has 32 heavy (non-hydrogen) atoms. The van der Waals surface area contributed by atoms with E-state index < -0.39 is 8.07 Å². The Labute approximate surface area is 193 Å². The van der Waals surface area contributed by atoms with E-state index in [1.165, 1.54) is 34.3 Å². The van der Waals surface area contributed by atoms with Crippen molar-refractivity contribution in [2.24, 2.45) is 0 Å². The minimum absolute atomic E-state index is 0.144. The summed E-state index contributed by atoms with van der Waals surface area (Å²) in [5, 5.41) is 6.79. The Hall–Kier alpha value is -2.94. The summed E-state index contributed by atoms with van der Waals surface area (Å²) in [5.74, 6) is 0. The van der Waals surface area contributed by atoms with Gasteiger partial charge in [0.15, 0.2) is 0 Å². The van der Waals surface area contributed by atoms with Gasteiger partial charge in [0.05, 0.1) is 0 Å². The predicted molar refractivity (Wildman–Crippen MR) is 138 cm³/mol. The first-order valence-corrected chi connectivity index (χ1v) is 14.2. The van der Waals surface area contributed by atoms with Crippen LogP contribution in [0.25, 0.3) is 0 Å². The molecule has 0 unspecified atom stereocenters. The van der Waals surface area contributed by atoms with E-state index in [0.717, 1.165) is 6.54 Å². The van der Waals surface area contributed by atoms with Gasteiger partial charge in [-0.2, -0.15) is 0 Å². The van der Waals surface area contributed by atoms with E-state index in [1.54, 1.807) is 0 Å². The van der Waals surface area contributed by atoms with Crippen molar-refractivity contribution in [2.45, 2.75) is 30.5 Å². The fourth-order valence-corrected chi connectivity index (χ4v) is 11.5. The maximum atomic E-state index is 3.97. The molecule has 4 aromatic carbocycles. The maximum absolute atomic E-state index is 3.97. The fourth-order valence-electron chi connectivity index (χ4n) is 6.12. The molecular weight excluding hydrogens is 402 g/mol. The van der Waals surface area contributed by atoms with Crippen LogP contribution in [0.3, 0.4) is 0 Å². The molecule has 1 aliphatic rings. The lowest BCUT2D eigenvalue weighted by atomic mass is 9.82. The largest absolute Gasteiger partial charge is 0.313 e. The zero-order chi connectivity index (χ0) is 21.9. The summed E-state index contributed by atoms with van der Waals surface area (Å²) in [5.41, 5.74) is 2.85. The quantitative estimate of drug-likeness (QED) is 0.414. The van der Waals surface area contributed by atoms with Crippen LogP contribution in [0.5, 0.6) is 0 Å². The topological polar surface area (TPSA) is 12.0 Å². The third-order valence-corrected chi connectivity index (χ3v) is 13.0. The minimum atomic E-state index is -2.39. The Bertz CT molecular complexity index is 1040. The van der Waals surface area contributed by atoms with Crippen molar-refractivity contribution in [1.29, 1.82) is 0 Å². The first-order chi connectivity index (χ1) is 15.8. The second-order valence-corrected chi connectivity index (χ2v) is 13.2. The van der Waals surface area contributed by atoms with E-state index in [-0.39, 0.29) is 5.04 Å². The molecule has 160 valence electrons. The van der Waals surface area contributed by atoms with Crippen LogP contribution in [-0.2, 0) is 5.04 Å². The number of hydrogen-bond acceptors (Lipinski definition) is 1. The van der Waals surface area contributed by atoms with Crippen molar-refractivity contribution in [1.82, 2.24) is 5.32 Å². The molecule has 0 aliphatic carbocycles. The minimum Gasteiger partial charge on any atom is -0.313 e. The summed E-state index contributed by atoms with van der Waals surface area (Å²) in [6.45, 7) is 3.68. The highest BCUT2D eigenvalue weighted by Gasteiger charge is 2.58. The van der Waals surface area contributed by atoms with E-state index in [1.807, 2.05) is 0 Å². The molecule has 1 nitrogen and oxygen atoms in total. The van der Waals surface area contributed by atoms with Crippen molar-refractivity contribution < 1.29 is 0 Å². The van der Waals surface area contributed by atoms with Crippen LogP contribution in [-0.4, -0.2) is 20.7 Å². The summed E-state index contributed by atoms with van der Waals surface area (Å²) >= 11 is 0. The zero-order valence-corrected chi connectivity index (χ0v) is 19.7. The number of rotatable bonds is 6. The summed E-state index contributed by atoms with van der Waals surface area (Å²) < 4.78 is 0. The number of nitrogens with one attached hydrogen (secondary N) is 1. The molecule has 2 heteroatoms. The maximum Gasteiger partial charge on any atom is 0.131 e. The Balaban J connectivity index is 1.94. The highest BCUT2D eigenvalue weighted by atomic mass is 28.3. The molecule has 1 saturated heterocycles. The van der Waals surface area contributed by atoms with E-state index >= 15 is 0 Å². The van der Waals surface area contributed by atoms with E-state index in [0.29, 0.717) is 6.04 Å². The normalized spacial score (nSPS) is 16.7. The van der Waals surface area contributed by atoms with Crippen LogP contribution in [0.2, 0.25) is 6.55 Å². The zero-order valence-electron chi connectivity index (χ0n) is 18.7. The third-order valence-electron chi connectivity index (χ3n) is 7.53. The fraction of sp³-hybridized carbons (Fsp3) is 0.200. The Morgan fingerprint density at radius 1 is 0.625 bits per heavy atom. The van der Waals surface area contributed by atoms with Crippen LogP contribution < -0.4 is 15.7 Å². The van der Waals surface area contributed by atoms with E-state index in [9.17, 15) is 0 Å². The van der Waals surface area contributed by atoms with Crippen LogP contribution in [0.1, 0.15) is 24.0 Å². The molecule has 1 fully saturated rings. The highest BCUT2D eigenvalue weighted by Crippen LogP contribution is 2.46. The summed E-state index contributed by atoms with van der Waals surface area (Å²) in [7, 11) is -2.39. The van der Waals surface area contributed by atoms with Crippen LogP contribution in [0, 0.1) is 0 Å². The summed E-state index contributed by atoms with van der Waals surface area (Å²) in [6.07, 6.45) is 2.41. The van der Waals surface area contributed by atoms with E-state index in [2.05, 4.69) is 133 Å². The molecule has 0 bridgehead atoms. The molecule has 0 amide bonds. The molecule has 0 spiro atoms. The van der Waals surface area contributed by atoms with Gasteiger partial charge in [0, 0.05) is 11.1 Å². The molecule has 0 aromatic heterocycles. The molecule has 0 saturated carbocycles. The van der Waals surface area contributed by atoms with Gasteiger partial charge in [-0.25, -0.2) is 0 Å². The lowest BCUT2D eigenvalue weighted by Gasteiger charge is -2.53. The highest BCUT2D eigenvalue weighted by molar-refractivity contribution is 7.04. The van der Waals surface area contributed by atoms with Crippen molar-refractivity contribution in [3.05, 3.63) is 132 Å². The van der Waals surface area contributed by atoms with Crippen LogP contribution in [0.15, 0.2) is 121 Å². The smallest absolute Gasteiger partial charge is 0.131 e. The predicted octanol–water partition coefficient (Wildman–Crippen LogP) is 5.16. The first kappa shape index (κ1) is 20.9. The summed E-state index contributed by atoms with van der Waals surface area (Å²) in [6, 6.07) is 45.6. The lowest BCUT2D eigenvalue weighted by molar-refractivity contribution is 0.479. The van der Waals surface area contributed by atoms with Gasteiger partial charge < -0.3 is 5.32 Å². The molecule has 5 rings (SSSR count). The Kier molecular flexibility index (Phi) is 5.82. The SMILES string of the molecule is C[Si](c1ccccc1)(c1ccccc1)C(c1ccccc1)(c1ccccc1)[C@H]1CCCN1. The van der Waals surface area contributed by atoms with Crippen molar-refractivity contribution >= 4 is 18.4 Å². The Morgan fingerprint density at radius 2 is 1.03 bits per heavy atom. The van der Waals surface area contributed by atoms with Gasteiger partial charge >= 0.3 is 0 Å². The molecular formula is C30H31NSi.